The molecule has 3 aromatic carbocycles. The van der Waals surface area contributed by atoms with Crippen molar-refractivity contribution in [1.29, 1.82) is 0 Å². The van der Waals surface area contributed by atoms with Crippen molar-refractivity contribution in [3.63, 3.8) is 0 Å². The molecule has 2 heterocycles. The number of fused-ring (bicyclic) bond motifs is 1. The lowest BCUT2D eigenvalue weighted by atomic mass is 9.80. The highest BCUT2D eigenvalue weighted by molar-refractivity contribution is 5.96. The fraction of sp³-hybridized carbons (Fsp3) is 0.345. The number of hydrogen-bond donors (Lipinski definition) is 1. The molecule has 0 aliphatic carbocycles. The van der Waals surface area contributed by atoms with E-state index in [1.807, 2.05) is 42.5 Å². The highest BCUT2D eigenvalue weighted by Gasteiger charge is 2.28. The Labute approximate surface area is 210 Å². The number of carbonyl (C=O) groups excluding carboxylic acids is 1. The van der Waals surface area contributed by atoms with Crippen LogP contribution in [-0.2, 0) is 6.42 Å². The number of hydrogen-bond acceptors (Lipinski definition) is 6. The van der Waals surface area contributed by atoms with Crippen molar-refractivity contribution < 1.29 is 28.1 Å². The van der Waals surface area contributed by atoms with Crippen LogP contribution in [0.5, 0.6) is 23.0 Å². The van der Waals surface area contributed by atoms with Gasteiger partial charge in [0, 0.05) is 24.9 Å². The molecule has 0 radical (unpaired) electrons. The van der Waals surface area contributed by atoms with Gasteiger partial charge in [-0.25, -0.2) is 4.39 Å². The third-order valence-electron chi connectivity index (χ3n) is 6.95. The van der Waals surface area contributed by atoms with E-state index in [4.69, 9.17) is 18.9 Å². The Balaban J connectivity index is 1.28. The molecular formula is C29H30FNO5. The third kappa shape index (κ3) is 5.31. The predicted octanol–water partition coefficient (Wildman–Crippen LogP) is 5.15. The number of carbonyl (C=O) groups is 1. The first-order chi connectivity index (χ1) is 17.6. The van der Waals surface area contributed by atoms with Gasteiger partial charge in [-0.2, -0.15) is 0 Å². The number of nitrogens with one attached hydrogen (secondary N) is 1. The summed E-state index contributed by atoms with van der Waals surface area (Å²) in [7, 11) is 1.61. The molecule has 5 rings (SSSR count). The van der Waals surface area contributed by atoms with Crippen molar-refractivity contribution in [3.8, 4) is 23.0 Å². The lowest BCUT2D eigenvalue weighted by molar-refractivity contribution is 0.0978. The van der Waals surface area contributed by atoms with E-state index in [1.54, 1.807) is 19.2 Å². The standard InChI is InChI=1S/C29H30FNO5/c1-33-27-5-3-2-4-19(27)7-10-26(32)24-14-20(6-9-25(24)30)23-12-13-31-16-21(23)17-34-22-8-11-28-29(15-22)36-18-35-28/h2-6,8-9,11,14-15,21,23,31H,7,10,12-13,16-18H2,1H3/t21-,23-/m0/s1. The Kier molecular flexibility index (Phi) is 7.37. The lowest BCUT2D eigenvalue weighted by Gasteiger charge is -2.32. The summed E-state index contributed by atoms with van der Waals surface area (Å²) in [5.41, 5.74) is 2.05. The zero-order chi connectivity index (χ0) is 24.9. The number of aryl methyl sites for hydroxylation is 1. The van der Waals surface area contributed by atoms with Crippen molar-refractivity contribution in [2.45, 2.75) is 25.2 Å². The van der Waals surface area contributed by atoms with Crippen LogP contribution in [0.2, 0.25) is 0 Å². The molecule has 0 spiro atoms. The fourth-order valence-electron chi connectivity index (χ4n) is 4.99. The fourth-order valence-corrected chi connectivity index (χ4v) is 4.99. The molecule has 188 valence electrons. The van der Waals surface area contributed by atoms with E-state index in [9.17, 15) is 9.18 Å². The summed E-state index contributed by atoms with van der Waals surface area (Å²) in [4.78, 5) is 13.0. The van der Waals surface area contributed by atoms with Crippen molar-refractivity contribution in [2.75, 3.05) is 33.6 Å². The quantitative estimate of drug-likeness (QED) is 0.418. The van der Waals surface area contributed by atoms with E-state index in [1.165, 1.54) is 6.07 Å². The second kappa shape index (κ2) is 11.0. The SMILES string of the molecule is COc1ccccc1CCC(=O)c1cc([C@@H]2CCNC[C@H]2COc2ccc3c(c2)OCO3)ccc1F. The number of Topliss-reactive ketones (excluding diaryl/α,β-unsaturated/α-hetero) is 1. The van der Waals surface area contributed by atoms with Gasteiger partial charge in [-0.3, -0.25) is 4.79 Å². The van der Waals surface area contributed by atoms with E-state index >= 15 is 0 Å². The number of halogens is 1. The number of para-hydroxylation sites is 1. The summed E-state index contributed by atoms with van der Waals surface area (Å²) in [6, 6.07) is 18.1. The molecule has 0 aromatic heterocycles. The molecule has 0 saturated carbocycles. The van der Waals surface area contributed by atoms with Crippen LogP contribution in [0.25, 0.3) is 0 Å². The minimum absolute atomic E-state index is 0.149. The minimum Gasteiger partial charge on any atom is -0.496 e. The maximum atomic E-state index is 14.7. The van der Waals surface area contributed by atoms with Crippen LogP contribution in [0.3, 0.4) is 0 Å². The molecule has 1 fully saturated rings. The predicted molar refractivity (Wildman–Crippen MR) is 134 cm³/mol. The molecule has 3 aromatic rings. The molecule has 0 bridgehead atoms. The number of piperidine rings is 1. The zero-order valence-electron chi connectivity index (χ0n) is 20.3. The van der Waals surface area contributed by atoms with Crippen LogP contribution < -0.4 is 24.3 Å². The number of ether oxygens (including phenoxy) is 4. The van der Waals surface area contributed by atoms with Crippen molar-refractivity contribution in [2.24, 2.45) is 5.92 Å². The lowest BCUT2D eigenvalue weighted by Crippen LogP contribution is -2.38. The van der Waals surface area contributed by atoms with Crippen molar-refractivity contribution in [1.82, 2.24) is 5.32 Å². The maximum absolute atomic E-state index is 14.7. The van der Waals surface area contributed by atoms with E-state index < -0.39 is 5.82 Å². The molecule has 1 saturated heterocycles. The smallest absolute Gasteiger partial charge is 0.231 e. The molecule has 2 atom stereocenters. The Morgan fingerprint density at radius 3 is 2.83 bits per heavy atom. The van der Waals surface area contributed by atoms with Gasteiger partial charge in [-0.05, 0) is 66.8 Å². The summed E-state index contributed by atoms with van der Waals surface area (Å²) >= 11 is 0. The maximum Gasteiger partial charge on any atom is 0.231 e. The van der Waals surface area contributed by atoms with Gasteiger partial charge < -0.3 is 24.3 Å². The largest absolute Gasteiger partial charge is 0.496 e. The van der Waals surface area contributed by atoms with Crippen LogP contribution in [0.15, 0.2) is 60.7 Å². The molecule has 2 aliphatic rings. The van der Waals surface area contributed by atoms with Gasteiger partial charge in [-0.1, -0.05) is 24.3 Å². The van der Waals surface area contributed by atoms with Crippen molar-refractivity contribution >= 4 is 5.78 Å². The van der Waals surface area contributed by atoms with Gasteiger partial charge in [0.1, 0.15) is 17.3 Å². The molecule has 0 amide bonds. The minimum atomic E-state index is -0.481. The van der Waals surface area contributed by atoms with Crippen molar-refractivity contribution in [3.05, 3.63) is 83.2 Å². The summed E-state index contributed by atoms with van der Waals surface area (Å²) in [6.07, 6.45) is 1.59. The van der Waals surface area contributed by atoms with Crippen LogP contribution in [0, 0.1) is 11.7 Å². The van der Waals surface area contributed by atoms with Gasteiger partial charge >= 0.3 is 0 Å². The molecule has 2 aliphatic heterocycles. The summed E-state index contributed by atoms with van der Waals surface area (Å²) in [6.45, 7) is 2.35. The van der Waals surface area contributed by atoms with Crippen LogP contribution in [0.1, 0.15) is 40.2 Å². The normalized spacial score (nSPS) is 18.6. The molecular weight excluding hydrogens is 461 g/mol. The topological polar surface area (TPSA) is 66.0 Å². The number of rotatable bonds is 9. The Hall–Kier alpha value is -3.58. The summed E-state index contributed by atoms with van der Waals surface area (Å²) < 4.78 is 37.0. The van der Waals surface area contributed by atoms with E-state index in [-0.39, 0.29) is 36.4 Å². The molecule has 1 N–H and O–H groups in total. The second-order valence-electron chi connectivity index (χ2n) is 9.16. The monoisotopic (exact) mass is 491 g/mol. The van der Waals surface area contributed by atoms with Crippen LogP contribution in [0.4, 0.5) is 4.39 Å². The third-order valence-corrected chi connectivity index (χ3v) is 6.95. The molecule has 7 heteroatoms. The average molecular weight is 492 g/mol. The van der Waals surface area contributed by atoms with E-state index in [2.05, 4.69) is 5.32 Å². The summed E-state index contributed by atoms with van der Waals surface area (Å²) in [5.74, 6) is 2.49. The van der Waals surface area contributed by atoms with Gasteiger partial charge in [0.25, 0.3) is 0 Å². The first kappa shape index (κ1) is 24.1. The van der Waals surface area contributed by atoms with E-state index in [0.29, 0.717) is 24.5 Å². The van der Waals surface area contributed by atoms with Gasteiger partial charge in [0.2, 0.25) is 6.79 Å². The van der Waals surface area contributed by atoms with Gasteiger partial charge in [-0.15, -0.1) is 0 Å². The zero-order valence-corrected chi connectivity index (χ0v) is 20.3. The molecule has 36 heavy (non-hydrogen) atoms. The number of benzene rings is 3. The second-order valence-corrected chi connectivity index (χ2v) is 9.16. The molecule has 6 nitrogen and oxygen atoms in total. The number of ketones is 1. The van der Waals surface area contributed by atoms with Gasteiger partial charge in [0.05, 0.1) is 19.3 Å². The first-order valence-electron chi connectivity index (χ1n) is 12.3. The Bertz CT molecular complexity index is 1230. The van der Waals surface area contributed by atoms with E-state index in [0.717, 1.165) is 42.1 Å². The average Bonchev–Trinajstić information content (AvgIpc) is 3.39. The number of methoxy groups -OCH3 is 1. The highest BCUT2D eigenvalue weighted by Crippen LogP contribution is 2.36. The first-order valence-corrected chi connectivity index (χ1v) is 12.3. The Morgan fingerprint density at radius 2 is 1.94 bits per heavy atom. The van der Waals surface area contributed by atoms with Crippen LogP contribution in [-0.4, -0.2) is 39.4 Å². The Morgan fingerprint density at radius 1 is 1.08 bits per heavy atom. The van der Waals surface area contributed by atoms with Crippen LogP contribution >= 0.6 is 0 Å². The summed E-state index contributed by atoms with van der Waals surface area (Å²) in [5, 5.41) is 3.43. The highest BCUT2D eigenvalue weighted by atomic mass is 19.1. The molecule has 0 unspecified atom stereocenters. The van der Waals surface area contributed by atoms with Gasteiger partial charge in [0.15, 0.2) is 17.3 Å².